The van der Waals surface area contributed by atoms with Gasteiger partial charge in [-0.15, -0.1) is 11.3 Å². The highest BCUT2D eigenvalue weighted by Crippen LogP contribution is 2.04. The third kappa shape index (κ3) is 3.42. The third-order valence-electron chi connectivity index (χ3n) is 2.23. The van der Waals surface area contributed by atoms with E-state index in [-0.39, 0.29) is 6.61 Å². The molecule has 0 fully saturated rings. The van der Waals surface area contributed by atoms with Gasteiger partial charge in [0.2, 0.25) is 0 Å². The number of aliphatic hydroxyl groups is 1. The van der Waals surface area contributed by atoms with E-state index >= 15 is 0 Å². The number of rotatable bonds is 5. The average Bonchev–Trinajstić information content (AvgIpc) is 2.65. The molecule has 2 unspecified atom stereocenters. The van der Waals surface area contributed by atoms with E-state index in [0.29, 0.717) is 12.0 Å². The molecule has 0 saturated heterocycles. The van der Waals surface area contributed by atoms with Crippen LogP contribution in [0.3, 0.4) is 0 Å². The van der Waals surface area contributed by atoms with Crippen LogP contribution in [0, 0.1) is 5.92 Å². The molecule has 0 aliphatic rings. The number of nitrogens with zero attached hydrogens (tertiary/aromatic N) is 1. The van der Waals surface area contributed by atoms with Gasteiger partial charge in [0.1, 0.15) is 0 Å². The first-order valence-electron chi connectivity index (χ1n) is 4.45. The molecule has 0 radical (unpaired) electrons. The highest BCUT2D eigenvalue weighted by molar-refractivity contribution is 7.07. The van der Waals surface area contributed by atoms with Gasteiger partial charge in [-0.25, -0.2) is 4.98 Å². The van der Waals surface area contributed by atoms with Crippen molar-refractivity contribution < 1.29 is 5.11 Å². The molecule has 0 amide bonds. The van der Waals surface area contributed by atoms with Gasteiger partial charge >= 0.3 is 0 Å². The molecule has 2 atom stereocenters. The van der Waals surface area contributed by atoms with Gasteiger partial charge in [0.15, 0.2) is 0 Å². The Morgan fingerprint density at radius 2 is 2.38 bits per heavy atom. The summed E-state index contributed by atoms with van der Waals surface area (Å²) in [6.07, 6.45) is 0. The number of aliphatic hydroxyl groups excluding tert-OH is 1. The van der Waals surface area contributed by atoms with Crippen molar-refractivity contribution in [1.29, 1.82) is 0 Å². The van der Waals surface area contributed by atoms with Crippen molar-refractivity contribution in [2.45, 2.75) is 26.4 Å². The number of hydrogen-bond acceptors (Lipinski definition) is 4. The van der Waals surface area contributed by atoms with Crippen molar-refractivity contribution in [3.05, 3.63) is 16.6 Å². The van der Waals surface area contributed by atoms with Crippen LogP contribution in [0.25, 0.3) is 0 Å². The topological polar surface area (TPSA) is 45.1 Å². The molecule has 0 aliphatic heterocycles. The van der Waals surface area contributed by atoms with Gasteiger partial charge in [0, 0.05) is 24.6 Å². The lowest BCUT2D eigenvalue weighted by Gasteiger charge is -2.18. The van der Waals surface area contributed by atoms with Crippen LogP contribution in [-0.4, -0.2) is 22.7 Å². The van der Waals surface area contributed by atoms with Crippen LogP contribution in [0.1, 0.15) is 19.5 Å². The average molecular weight is 200 g/mol. The van der Waals surface area contributed by atoms with Crippen LogP contribution in [0.15, 0.2) is 10.9 Å². The molecule has 0 aliphatic carbocycles. The summed E-state index contributed by atoms with van der Waals surface area (Å²) >= 11 is 1.60. The van der Waals surface area contributed by atoms with E-state index in [9.17, 15) is 0 Å². The highest BCUT2D eigenvalue weighted by Gasteiger charge is 2.09. The van der Waals surface area contributed by atoms with E-state index in [4.69, 9.17) is 5.11 Å². The third-order valence-corrected chi connectivity index (χ3v) is 2.87. The maximum atomic E-state index is 8.91. The summed E-state index contributed by atoms with van der Waals surface area (Å²) in [7, 11) is 0. The molecule has 0 bridgehead atoms. The van der Waals surface area contributed by atoms with Gasteiger partial charge in [-0.3, -0.25) is 0 Å². The summed E-state index contributed by atoms with van der Waals surface area (Å²) < 4.78 is 0. The van der Waals surface area contributed by atoms with Crippen molar-refractivity contribution >= 4 is 11.3 Å². The van der Waals surface area contributed by atoms with Crippen LogP contribution < -0.4 is 5.32 Å². The summed E-state index contributed by atoms with van der Waals surface area (Å²) in [5.41, 5.74) is 2.90. The van der Waals surface area contributed by atoms with E-state index in [1.807, 2.05) is 17.8 Å². The molecule has 1 aromatic heterocycles. The zero-order chi connectivity index (χ0) is 9.68. The Labute approximate surface area is 82.8 Å². The first kappa shape index (κ1) is 10.6. The largest absolute Gasteiger partial charge is 0.396 e. The zero-order valence-corrected chi connectivity index (χ0v) is 8.84. The van der Waals surface area contributed by atoms with Gasteiger partial charge in [0.25, 0.3) is 0 Å². The van der Waals surface area contributed by atoms with Crippen LogP contribution in [0.2, 0.25) is 0 Å². The Morgan fingerprint density at radius 1 is 1.62 bits per heavy atom. The lowest BCUT2D eigenvalue weighted by molar-refractivity contribution is 0.207. The molecule has 1 heterocycles. The molecule has 1 rings (SSSR count). The summed E-state index contributed by atoms with van der Waals surface area (Å²) in [6, 6.07) is 0.326. The molecule has 1 aromatic rings. The van der Waals surface area contributed by atoms with E-state index in [1.165, 1.54) is 0 Å². The lowest BCUT2D eigenvalue weighted by atomic mass is 10.1. The van der Waals surface area contributed by atoms with Crippen LogP contribution in [0.5, 0.6) is 0 Å². The van der Waals surface area contributed by atoms with E-state index in [2.05, 4.69) is 17.2 Å². The lowest BCUT2D eigenvalue weighted by Crippen LogP contribution is -2.33. The maximum absolute atomic E-state index is 8.91. The standard InChI is InChI=1S/C9H16N2OS/c1-7(4-12)8(2)10-3-9-5-13-6-11-9/h5-8,10,12H,3-4H2,1-2H3. The Balaban J connectivity index is 2.26. The van der Waals surface area contributed by atoms with Gasteiger partial charge < -0.3 is 10.4 Å². The minimum Gasteiger partial charge on any atom is -0.396 e. The molecule has 74 valence electrons. The molecule has 0 spiro atoms. The van der Waals surface area contributed by atoms with Crippen molar-refractivity contribution in [2.24, 2.45) is 5.92 Å². The smallest absolute Gasteiger partial charge is 0.0795 e. The fourth-order valence-electron chi connectivity index (χ4n) is 0.950. The van der Waals surface area contributed by atoms with E-state index in [0.717, 1.165) is 12.2 Å². The Kier molecular flexibility index (Phi) is 4.35. The quantitative estimate of drug-likeness (QED) is 0.752. The molecule has 0 saturated carbocycles. The first-order valence-corrected chi connectivity index (χ1v) is 5.39. The van der Waals surface area contributed by atoms with Gasteiger partial charge in [-0.05, 0) is 12.8 Å². The molecular formula is C9H16N2OS. The molecule has 4 heteroatoms. The Morgan fingerprint density at radius 3 is 2.92 bits per heavy atom. The van der Waals surface area contributed by atoms with Crippen molar-refractivity contribution in [1.82, 2.24) is 10.3 Å². The number of hydrogen-bond donors (Lipinski definition) is 2. The van der Waals surface area contributed by atoms with Gasteiger partial charge in [-0.1, -0.05) is 6.92 Å². The normalized spacial score (nSPS) is 15.6. The fourth-order valence-corrected chi connectivity index (χ4v) is 1.51. The second-order valence-electron chi connectivity index (χ2n) is 3.31. The Hall–Kier alpha value is -0.450. The first-order chi connectivity index (χ1) is 6.24. The number of aromatic nitrogens is 1. The summed E-state index contributed by atoms with van der Waals surface area (Å²) in [4.78, 5) is 4.17. The van der Waals surface area contributed by atoms with E-state index < -0.39 is 0 Å². The molecule has 13 heavy (non-hydrogen) atoms. The maximum Gasteiger partial charge on any atom is 0.0795 e. The molecule has 2 N–H and O–H groups in total. The summed E-state index contributed by atoms with van der Waals surface area (Å²) in [5, 5.41) is 14.3. The number of thiazole rings is 1. The van der Waals surface area contributed by atoms with Crippen molar-refractivity contribution in [3.8, 4) is 0 Å². The second kappa shape index (κ2) is 5.32. The summed E-state index contributed by atoms with van der Waals surface area (Å²) in [6.45, 7) is 5.12. The molecular weight excluding hydrogens is 184 g/mol. The Bertz CT molecular complexity index is 226. The zero-order valence-electron chi connectivity index (χ0n) is 8.03. The minimum atomic E-state index is 0.227. The monoisotopic (exact) mass is 200 g/mol. The predicted octanol–water partition coefficient (Wildman–Crippen LogP) is 1.25. The second-order valence-corrected chi connectivity index (χ2v) is 4.03. The van der Waals surface area contributed by atoms with Crippen molar-refractivity contribution in [3.63, 3.8) is 0 Å². The fraction of sp³-hybridized carbons (Fsp3) is 0.667. The number of nitrogens with one attached hydrogen (secondary N) is 1. The van der Waals surface area contributed by atoms with E-state index in [1.54, 1.807) is 11.3 Å². The molecule has 0 aromatic carbocycles. The predicted molar refractivity (Wildman–Crippen MR) is 54.7 cm³/mol. The SMILES string of the molecule is CC(CO)C(C)NCc1cscn1. The van der Waals surface area contributed by atoms with Crippen LogP contribution in [-0.2, 0) is 6.54 Å². The van der Waals surface area contributed by atoms with Gasteiger partial charge in [-0.2, -0.15) is 0 Å². The van der Waals surface area contributed by atoms with Crippen LogP contribution >= 0.6 is 11.3 Å². The highest BCUT2D eigenvalue weighted by atomic mass is 32.1. The minimum absolute atomic E-state index is 0.227. The van der Waals surface area contributed by atoms with Crippen molar-refractivity contribution in [2.75, 3.05) is 6.61 Å². The summed E-state index contributed by atoms with van der Waals surface area (Å²) in [5.74, 6) is 0.290. The van der Waals surface area contributed by atoms with Gasteiger partial charge in [0.05, 0.1) is 11.2 Å². The van der Waals surface area contributed by atoms with Crippen LogP contribution in [0.4, 0.5) is 0 Å². The molecule has 3 nitrogen and oxygen atoms in total.